The summed E-state index contributed by atoms with van der Waals surface area (Å²) in [6.45, 7) is 4.22. The summed E-state index contributed by atoms with van der Waals surface area (Å²) in [5, 5.41) is 0. The highest BCUT2D eigenvalue weighted by molar-refractivity contribution is 7.61. The van der Waals surface area contributed by atoms with Crippen LogP contribution in [0.5, 0.6) is 11.5 Å². The van der Waals surface area contributed by atoms with E-state index in [0.29, 0.717) is 22.6 Å². The number of phosphoric ester groups is 2. The van der Waals surface area contributed by atoms with Gasteiger partial charge in [0.15, 0.2) is 6.23 Å². The molecular formula is C39H55N3O14P2. The Morgan fingerprint density at radius 1 is 0.759 bits per heavy atom. The second-order valence-electron chi connectivity index (χ2n) is 13.5. The average molecular weight is 852 g/mol. The zero-order valence-electron chi connectivity index (χ0n) is 33.5. The Kier molecular flexibility index (Phi) is 20.1. The lowest BCUT2D eigenvalue weighted by molar-refractivity contribution is -0.220. The summed E-state index contributed by atoms with van der Waals surface area (Å²) in [6.07, 6.45) is 11.5. The largest absolute Gasteiger partial charge is 0.756 e. The third-order valence-electron chi connectivity index (χ3n) is 8.63. The van der Waals surface area contributed by atoms with Gasteiger partial charge in [-0.3, -0.25) is 37.5 Å². The number of ether oxygens (including phenoxy) is 3. The van der Waals surface area contributed by atoms with E-state index in [-0.39, 0.29) is 36.5 Å². The van der Waals surface area contributed by atoms with Gasteiger partial charge in [0.2, 0.25) is 0 Å². The minimum atomic E-state index is -5.41. The molecule has 1 aliphatic heterocycles. The molecular weight excluding hydrogens is 796 g/mol. The third-order valence-corrected chi connectivity index (χ3v) is 11.6. The van der Waals surface area contributed by atoms with Crippen molar-refractivity contribution in [1.29, 1.82) is 0 Å². The van der Waals surface area contributed by atoms with Gasteiger partial charge in [0, 0.05) is 24.6 Å². The highest BCUT2D eigenvalue weighted by atomic mass is 31.3. The third kappa shape index (κ3) is 16.7. The minimum Gasteiger partial charge on any atom is -0.756 e. The van der Waals surface area contributed by atoms with Crippen molar-refractivity contribution in [2.24, 2.45) is 0 Å². The molecule has 5 N–H and O–H groups in total. The number of quaternary nitrogens is 1. The summed E-state index contributed by atoms with van der Waals surface area (Å²) in [6, 6.07) is 12.2. The number of phosphoric acid groups is 2. The van der Waals surface area contributed by atoms with Gasteiger partial charge in [0.1, 0.15) is 17.6 Å². The molecule has 0 fully saturated rings. The summed E-state index contributed by atoms with van der Waals surface area (Å²) in [4.78, 5) is 63.6. The van der Waals surface area contributed by atoms with Crippen molar-refractivity contribution < 1.29 is 55.7 Å². The van der Waals surface area contributed by atoms with Crippen LogP contribution in [-0.2, 0) is 54.6 Å². The predicted molar refractivity (Wildman–Crippen MR) is 213 cm³/mol. The Labute approximate surface area is 337 Å². The highest BCUT2D eigenvalue weighted by Crippen LogP contribution is 2.62. The number of aromatic amines is 1. The zero-order valence-corrected chi connectivity index (χ0v) is 35.3. The lowest BCUT2D eigenvalue weighted by Gasteiger charge is -2.28. The van der Waals surface area contributed by atoms with Gasteiger partial charge in [0.25, 0.3) is 13.4 Å². The van der Waals surface area contributed by atoms with Crippen LogP contribution >= 0.6 is 15.6 Å². The Hall–Kier alpha value is -4.02. The van der Waals surface area contributed by atoms with Gasteiger partial charge in [-0.05, 0) is 61.2 Å². The van der Waals surface area contributed by atoms with Crippen LogP contribution in [0.15, 0.2) is 76.5 Å². The number of unbranched alkanes of at least 4 members (excludes halogenated alkanes) is 7. The molecule has 1 aliphatic rings. The van der Waals surface area contributed by atoms with Crippen LogP contribution in [-0.4, -0.2) is 34.2 Å². The van der Waals surface area contributed by atoms with Crippen LogP contribution in [0, 0.1) is 6.92 Å². The lowest BCUT2D eigenvalue weighted by atomic mass is 10.1. The summed E-state index contributed by atoms with van der Waals surface area (Å²) in [7, 11) is -10.3. The molecule has 0 bridgehead atoms. The quantitative estimate of drug-likeness (QED) is 0.0271. The molecule has 1 aromatic heterocycles. The molecule has 19 heteroatoms. The Bertz CT molecular complexity index is 2000. The molecule has 2 heterocycles. The second kappa shape index (κ2) is 24.2. The van der Waals surface area contributed by atoms with Crippen LogP contribution < -0.4 is 31.8 Å². The molecule has 4 atom stereocenters. The normalized spacial score (nSPS) is 16.9. The van der Waals surface area contributed by atoms with Crippen LogP contribution in [0.1, 0.15) is 107 Å². The van der Waals surface area contributed by atoms with Crippen LogP contribution in [0.4, 0.5) is 0 Å². The number of nitrogens with one attached hydrogen (secondary N) is 1. The van der Waals surface area contributed by atoms with Crippen LogP contribution in [0.3, 0.4) is 0 Å². The summed E-state index contributed by atoms with van der Waals surface area (Å²) in [5.74, 6) is -0.149. The first-order valence-electron chi connectivity index (χ1n) is 19.1. The number of aromatic nitrogens is 2. The molecule has 0 saturated heterocycles. The van der Waals surface area contributed by atoms with Gasteiger partial charge >= 0.3 is 25.5 Å². The standard InChI is InChI=1S/C39H52N2O14P2.H3N/c1-4-6-8-10-12-14-37(43)54-33-21-17-31(18-22-33)27-51-57(48,50-26-30-15-19-32(20-16-30)53-36(42)13-11-9-7-5-2)55-56(46,47)49-28-34-23-24-35(52-34)41-25-29(3)38(44)40-39(41)45;/h15-25,34-35H,4-14,26-28H2,1-3H3,(H,46,47)(H,40,44,45);1H3/t34-,35+,57?;/m0./s1. The number of esters is 2. The van der Waals surface area contributed by atoms with Crippen molar-refractivity contribution in [3.8, 4) is 11.5 Å². The Morgan fingerprint density at radius 2 is 1.26 bits per heavy atom. The first-order valence-corrected chi connectivity index (χ1v) is 22.0. The van der Waals surface area contributed by atoms with E-state index in [9.17, 15) is 33.2 Å². The van der Waals surface area contributed by atoms with E-state index in [4.69, 9.17) is 32.1 Å². The maximum absolute atomic E-state index is 13.9. The maximum atomic E-state index is 13.9. The van der Waals surface area contributed by atoms with Gasteiger partial charge in [0.05, 0.1) is 19.8 Å². The summed E-state index contributed by atoms with van der Waals surface area (Å²) >= 11 is 0. The first-order chi connectivity index (χ1) is 27.3. The fraction of sp³-hybridized carbons (Fsp3) is 0.487. The molecule has 0 saturated carbocycles. The van der Waals surface area contributed by atoms with Gasteiger partial charge in [-0.1, -0.05) is 89.1 Å². The predicted octanol–water partition coefficient (Wildman–Crippen LogP) is 7.86. The fourth-order valence-electron chi connectivity index (χ4n) is 5.46. The maximum Gasteiger partial charge on any atom is 0.481 e. The van der Waals surface area contributed by atoms with Crippen molar-refractivity contribution >= 4 is 27.6 Å². The number of carbonyl (C=O) groups is 2. The SMILES string of the molecule is CCCCCCCC(=O)Oc1ccc(COP(=O)(OCc2ccc(OC(=O)CCCCCC)cc2)OP(=O)([O-])OC[C@@H]2C=C[C@H](n3cc(C)c(=O)[nH]c3=O)O2)cc1.[NH4+]. The minimum absolute atomic E-state index is 0. The topological polar surface area (TPSA) is 247 Å². The van der Waals surface area contributed by atoms with Gasteiger partial charge < -0.3 is 29.8 Å². The van der Waals surface area contributed by atoms with E-state index in [1.54, 1.807) is 12.1 Å². The van der Waals surface area contributed by atoms with Crippen molar-refractivity contribution in [2.45, 2.75) is 117 Å². The number of nitrogens with zero attached hydrogens (tertiary/aromatic N) is 1. The molecule has 2 unspecified atom stereocenters. The monoisotopic (exact) mass is 851 g/mol. The molecule has 320 valence electrons. The molecule has 4 rings (SSSR count). The lowest BCUT2D eigenvalue weighted by Crippen LogP contribution is -2.33. The number of H-pyrrole nitrogens is 1. The number of benzene rings is 2. The van der Waals surface area contributed by atoms with Crippen molar-refractivity contribution in [3.05, 3.63) is 104 Å². The molecule has 0 aliphatic carbocycles. The average Bonchev–Trinajstić information content (AvgIpc) is 3.65. The summed E-state index contributed by atoms with van der Waals surface area (Å²) in [5.41, 5.74) is -0.176. The zero-order chi connectivity index (χ0) is 41.3. The number of carbonyl (C=O) groups excluding carboxylic acids is 2. The first kappa shape index (κ1) is 48.3. The van der Waals surface area contributed by atoms with E-state index in [2.05, 4.69) is 18.8 Å². The van der Waals surface area contributed by atoms with Crippen LogP contribution in [0.2, 0.25) is 0 Å². The smallest absolute Gasteiger partial charge is 0.481 e. The van der Waals surface area contributed by atoms with E-state index < -0.39 is 59.0 Å². The van der Waals surface area contributed by atoms with Crippen molar-refractivity contribution in [2.75, 3.05) is 6.61 Å². The Balaban J connectivity index is 0.00000900. The number of hydrogen-bond donors (Lipinski definition) is 2. The van der Waals surface area contributed by atoms with E-state index >= 15 is 0 Å². The van der Waals surface area contributed by atoms with Gasteiger partial charge in [-0.25, -0.2) is 13.7 Å². The van der Waals surface area contributed by atoms with Crippen LogP contribution in [0.25, 0.3) is 0 Å². The number of hydrogen-bond acceptors (Lipinski definition) is 14. The molecule has 0 spiro atoms. The highest BCUT2D eigenvalue weighted by Gasteiger charge is 2.34. The van der Waals surface area contributed by atoms with E-state index in [1.165, 1.54) is 61.7 Å². The van der Waals surface area contributed by atoms with Gasteiger partial charge in [-0.2, -0.15) is 0 Å². The Morgan fingerprint density at radius 3 is 1.78 bits per heavy atom. The summed E-state index contributed by atoms with van der Waals surface area (Å²) < 4.78 is 65.3. The molecule has 17 nitrogen and oxygen atoms in total. The number of aryl methyl sites for hydroxylation is 1. The van der Waals surface area contributed by atoms with Crippen molar-refractivity contribution in [1.82, 2.24) is 15.7 Å². The van der Waals surface area contributed by atoms with Gasteiger partial charge in [-0.15, -0.1) is 0 Å². The van der Waals surface area contributed by atoms with Crippen molar-refractivity contribution in [3.63, 3.8) is 0 Å². The molecule has 58 heavy (non-hydrogen) atoms. The molecule has 0 radical (unpaired) electrons. The second-order valence-corrected chi connectivity index (χ2v) is 16.7. The molecule has 0 amide bonds. The number of rotatable bonds is 25. The van der Waals surface area contributed by atoms with E-state index in [1.807, 2.05) is 0 Å². The molecule has 3 aromatic rings. The molecule has 2 aromatic carbocycles. The van der Waals surface area contributed by atoms with E-state index in [0.717, 1.165) is 62.4 Å². The fourth-order valence-corrected chi connectivity index (χ4v) is 8.02.